The third-order valence-corrected chi connectivity index (χ3v) is 10.3. The molecule has 4 saturated heterocycles. The Bertz CT molecular complexity index is 1530. The van der Waals surface area contributed by atoms with Crippen molar-refractivity contribution in [2.45, 2.75) is 75.0 Å². The molecule has 0 amide bonds. The van der Waals surface area contributed by atoms with Crippen LogP contribution in [0.5, 0.6) is 6.01 Å². The first-order valence-corrected chi connectivity index (χ1v) is 15.5. The zero-order valence-corrected chi connectivity index (χ0v) is 24.0. The quantitative estimate of drug-likeness (QED) is 0.411. The third-order valence-electron chi connectivity index (χ3n) is 10.3. The highest BCUT2D eigenvalue weighted by atomic mass is 19.4. The van der Waals surface area contributed by atoms with E-state index >= 15 is 0 Å². The van der Waals surface area contributed by atoms with E-state index in [1.807, 2.05) is 11.0 Å². The van der Waals surface area contributed by atoms with Crippen LogP contribution in [0.15, 0.2) is 36.4 Å². The van der Waals surface area contributed by atoms with E-state index in [9.17, 15) is 17.6 Å². The van der Waals surface area contributed by atoms with Crippen LogP contribution in [0.1, 0.15) is 48.9 Å². The maximum absolute atomic E-state index is 14.4. The molecule has 0 spiro atoms. The molecule has 1 N–H and O–H groups in total. The topological polar surface area (TPSA) is 56.8 Å². The molecule has 43 heavy (non-hydrogen) atoms. The second-order valence-corrected chi connectivity index (χ2v) is 13.0. The fourth-order valence-electron chi connectivity index (χ4n) is 8.36. The van der Waals surface area contributed by atoms with Gasteiger partial charge in [0.2, 0.25) is 0 Å². The summed E-state index contributed by atoms with van der Waals surface area (Å²) in [6.45, 7) is 4.28. The number of piperazine rings is 1. The van der Waals surface area contributed by atoms with E-state index in [1.54, 1.807) is 18.2 Å². The number of hydrogen-bond donors (Lipinski definition) is 1. The van der Waals surface area contributed by atoms with Gasteiger partial charge < -0.3 is 19.9 Å². The molecule has 11 heteroatoms. The molecule has 3 aromatic rings. The Kier molecular flexibility index (Phi) is 6.49. The minimum atomic E-state index is -4.46. The number of aromatic nitrogens is 2. The van der Waals surface area contributed by atoms with Gasteiger partial charge in [0.1, 0.15) is 18.6 Å². The predicted molar refractivity (Wildman–Crippen MR) is 156 cm³/mol. The zero-order valence-electron chi connectivity index (χ0n) is 24.0. The van der Waals surface area contributed by atoms with E-state index < -0.39 is 17.9 Å². The molecule has 7 nitrogen and oxygen atoms in total. The lowest BCUT2D eigenvalue weighted by Gasteiger charge is -2.38. The first kappa shape index (κ1) is 27.4. The molecule has 5 aliphatic heterocycles. The second-order valence-electron chi connectivity index (χ2n) is 13.0. The van der Waals surface area contributed by atoms with E-state index in [4.69, 9.17) is 14.7 Å². The van der Waals surface area contributed by atoms with Crippen LogP contribution in [-0.4, -0.2) is 78.0 Å². The van der Waals surface area contributed by atoms with Gasteiger partial charge in [0.05, 0.1) is 23.3 Å². The van der Waals surface area contributed by atoms with Gasteiger partial charge in [-0.25, -0.2) is 4.39 Å². The average Bonchev–Trinajstić information content (AvgIpc) is 3.64. The third kappa shape index (κ3) is 4.79. The summed E-state index contributed by atoms with van der Waals surface area (Å²) in [7, 11) is 0. The fraction of sp³-hybridized carbons (Fsp3) is 0.562. The van der Waals surface area contributed by atoms with Crippen molar-refractivity contribution in [1.82, 2.24) is 20.2 Å². The van der Waals surface area contributed by atoms with Crippen LogP contribution < -0.4 is 19.9 Å². The molecule has 4 atom stereocenters. The summed E-state index contributed by atoms with van der Waals surface area (Å²) < 4.78 is 63.1. The maximum atomic E-state index is 14.4. The lowest BCUT2D eigenvalue weighted by Crippen LogP contribution is -2.52. The number of ether oxygens (including phenoxy) is 1. The molecule has 0 radical (unpaired) electrons. The SMILES string of the molecule is F[C@H]1CN2CCCC2(COc2nc3c(c(N4CC5CCC(C4)N5)n2)CCN(c2cccc4cccc(C(F)(F)F)c24)C3)C1. The van der Waals surface area contributed by atoms with Gasteiger partial charge in [-0.05, 0) is 56.2 Å². The summed E-state index contributed by atoms with van der Waals surface area (Å²) in [6, 6.07) is 10.8. The van der Waals surface area contributed by atoms with Crippen LogP contribution >= 0.6 is 0 Å². The van der Waals surface area contributed by atoms with Gasteiger partial charge in [0.15, 0.2) is 0 Å². The van der Waals surface area contributed by atoms with Gasteiger partial charge >= 0.3 is 12.2 Å². The van der Waals surface area contributed by atoms with Gasteiger partial charge in [-0.3, -0.25) is 4.90 Å². The molecule has 228 valence electrons. The van der Waals surface area contributed by atoms with Crippen molar-refractivity contribution in [2.75, 3.05) is 49.1 Å². The molecule has 0 aliphatic carbocycles. The van der Waals surface area contributed by atoms with Crippen LogP contribution in [0, 0.1) is 0 Å². The molecule has 6 heterocycles. The molecule has 4 fully saturated rings. The Balaban J connectivity index is 1.15. The largest absolute Gasteiger partial charge is 0.461 e. The number of rotatable bonds is 5. The number of halogens is 4. The van der Waals surface area contributed by atoms with Gasteiger partial charge in [-0.2, -0.15) is 23.1 Å². The van der Waals surface area contributed by atoms with E-state index in [2.05, 4.69) is 15.1 Å². The Morgan fingerprint density at radius 2 is 1.77 bits per heavy atom. The van der Waals surface area contributed by atoms with Crippen molar-refractivity contribution in [3.05, 3.63) is 53.2 Å². The highest BCUT2D eigenvalue weighted by Gasteiger charge is 2.49. The Morgan fingerprint density at radius 1 is 0.977 bits per heavy atom. The lowest BCUT2D eigenvalue weighted by molar-refractivity contribution is -0.136. The Hall–Kier alpha value is -3.18. The lowest BCUT2D eigenvalue weighted by atomic mass is 9.95. The number of fused-ring (bicyclic) bond motifs is 5. The van der Waals surface area contributed by atoms with Crippen molar-refractivity contribution in [3.63, 3.8) is 0 Å². The molecular formula is C32H36F4N6O. The van der Waals surface area contributed by atoms with Crippen molar-refractivity contribution in [1.29, 1.82) is 0 Å². The highest BCUT2D eigenvalue weighted by Crippen LogP contribution is 2.43. The second kappa shape index (κ2) is 10.2. The monoisotopic (exact) mass is 596 g/mol. The van der Waals surface area contributed by atoms with Crippen molar-refractivity contribution < 1.29 is 22.3 Å². The van der Waals surface area contributed by atoms with Gasteiger partial charge in [0.25, 0.3) is 0 Å². The summed E-state index contributed by atoms with van der Waals surface area (Å²) in [5.41, 5.74) is 1.44. The van der Waals surface area contributed by atoms with Crippen LogP contribution in [0.4, 0.5) is 29.1 Å². The van der Waals surface area contributed by atoms with Crippen molar-refractivity contribution in [2.24, 2.45) is 0 Å². The number of alkyl halides is 4. The molecule has 8 rings (SSSR count). The van der Waals surface area contributed by atoms with E-state index in [0.717, 1.165) is 68.5 Å². The fourth-order valence-corrected chi connectivity index (χ4v) is 8.36. The Morgan fingerprint density at radius 3 is 2.56 bits per heavy atom. The Labute approximate surface area is 248 Å². The van der Waals surface area contributed by atoms with Crippen LogP contribution in [0.25, 0.3) is 10.8 Å². The molecule has 0 saturated carbocycles. The summed E-state index contributed by atoms with van der Waals surface area (Å²) in [4.78, 5) is 16.4. The normalized spacial score (nSPS) is 28.9. The first-order chi connectivity index (χ1) is 20.8. The van der Waals surface area contributed by atoms with Crippen molar-refractivity contribution in [3.8, 4) is 6.01 Å². The minimum Gasteiger partial charge on any atom is -0.461 e. The first-order valence-electron chi connectivity index (χ1n) is 15.5. The minimum absolute atomic E-state index is 0.216. The van der Waals surface area contributed by atoms with E-state index in [-0.39, 0.29) is 16.9 Å². The number of benzene rings is 2. The molecule has 3 unspecified atom stereocenters. The zero-order chi connectivity index (χ0) is 29.3. The van der Waals surface area contributed by atoms with Gasteiger partial charge in [-0.15, -0.1) is 0 Å². The molecule has 5 aliphatic rings. The molecule has 1 aromatic heterocycles. The van der Waals surface area contributed by atoms with Crippen LogP contribution in [0.2, 0.25) is 0 Å². The number of anilines is 2. The van der Waals surface area contributed by atoms with Gasteiger partial charge in [-0.1, -0.05) is 24.3 Å². The molecule has 2 bridgehead atoms. The van der Waals surface area contributed by atoms with E-state index in [0.29, 0.717) is 62.2 Å². The molecular weight excluding hydrogens is 560 g/mol. The summed E-state index contributed by atoms with van der Waals surface area (Å²) in [5.74, 6) is 0.877. The maximum Gasteiger partial charge on any atom is 0.417 e. The number of nitrogens with one attached hydrogen (secondary N) is 1. The van der Waals surface area contributed by atoms with Crippen LogP contribution in [-0.2, 0) is 19.1 Å². The summed E-state index contributed by atoms with van der Waals surface area (Å²) >= 11 is 0. The summed E-state index contributed by atoms with van der Waals surface area (Å²) in [5, 5.41) is 4.46. The number of nitrogens with zero attached hydrogens (tertiary/aromatic N) is 5. The average molecular weight is 597 g/mol. The van der Waals surface area contributed by atoms with E-state index in [1.165, 1.54) is 6.07 Å². The number of hydrogen-bond acceptors (Lipinski definition) is 7. The predicted octanol–water partition coefficient (Wildman–Crippen LogP) is 5.11. The van der Waals surface area contributed by atoms with Crippen molar-refractivity contribution >= 4 is 22.3 Å². The summed E-state index contributed by atoms with van der Waals surface area (Å²) in [6.07, 6.45) is -0.0467. The smallest absolute Gasteiger partial charge is 0.417 e. The van der Waals surface area contributed by atoms with Crippen LogP contribution in [0.3, 0.4) is 0 Å². The molecule has 2 aromatic carbocycles. The standard InChI is InChI=1S/C32H36F4N6O/c33-21-14-31(11-3-12-42(31)15-21)19-43-30-38-26-18-40(27-7-2-5-20-4-1-6-25(28(20)27)32(34,35)36)13-10-24(26)29(39-30)41-16-22-8-9-23(17-41)37-22/h1-2,4-7,21-23,37H,3,8-19H2/t21-,22?,23?,31?/m1/s1. The highest BCUT2D eigenvalue weighted by molar-refractivity contribution is 5.97. The van der Waals surface area contributed by atoms with Gasteiger partial charge in [0, 0.05) is 61.3 Å².